The van der Waals surface area contributed by atoms with E-state index in [0.29, 0.717) is 40.8 Å². The van der Waals surface area contributed by atoms with Crippen LogP contribution in [0.15, 0.2) is 36.7 Å². The number of imidazole rings is 1. The average molecular weight is 552 g/mol. The smallest absolute Gasteiger partial charge is 0.265 e. The first-order valence-corrected chi connectivity index (χ1v) is 13.6. The van der Waals surface area contributed by atoms with Crippen LogP contribution in [-0.2, 0) is 18.4 Å². The minimum Gasteiger partial charge on any atom is -0.338 e. The van der Waals surface area contributed by atoms with E-state index < -0.39 is 12.5 Å². The van der Waals surface area contributed by atoms with Gasteiger partial charge < -0.3 is 14.4 Å². The molecule has 0 aliphatic carbocycles. The number of alkyl halides is 3. The summed E-state index contributed by atoms with van der Waals surface area (Å²) in [5.41, 5.74) is 3.44. The number of halogens is 3. The molecule has 1 atom stereocenters. The van der Waals surface area contributed by atoms with Gasteiger partial charge in [0.25, 0.3) is 6.43 Å². The Morgan fingerprint density at radius 1 is 1.10 bits per heavy atom. The second kappa shape index (κ2) is 10.3. The third kappa shape index (κ3) is 4.46. The first-order chi connectivity index (χ1) is 19.3. The topological polar surface area (TPSA) is 72.1 Å². The SMILES string of the molecule is C[C@@H]1C(=O)N(C)Cc2c(-c3cccc4nc(-c5cnn(C)c5)c(C(F)F)cc34)nc(C3CCN(CCF)CC3)n21. The van der Waals surface area contributed by atoms with Crippen LogP contribution in [0.3, 0.4) is 0 Å². The number of nitrogens with zero attached hydrogens (tertiary/aromatic N) is 7. The lowest BCUT2D eigenvalue weighted by Gasteiger charge is -2.34. The summed E-state index contributed by atoms with van der Waals surface area (Å²) in [5, 5.41) is 4.72. The van der Waals surface area contributed by atoms with Gasteiger partial charge in [-0.25, -0.2) is 23.1 Å². The van der Waals surface area contributed by atoms with Crippen molar-refractivity contribution in [3.05, 3.63) is 53.7 Å². The van der Waals surface area contributed by atoms with Crippen molar-refractivity contribution in [1.82, 2.24) is 34.1 Å². The van der Waals surface area contributed by atoms with E-state index >= 15 is 0 Å². The number of hydrogen-bond donors (Lipinski definition) is 0. The summed E-state index contributed by atoms with van der Waals surface area (Å²) in [6.45, 7) is 3.83. The predicted molar refractivity (Wildman–Crippen MR) is 146 cm³/mol. The van der Waals surface area contributed by atoms with E-state index in [4.69, 9.17) is 4.98 Å². The average Bonchev–Trinajstić information content (AvgIpc) is 3.55. The number of benzene rings is 1. The maximum Gasteiger partial charge on any atom is 0.265 e. The van der Waals surface area contributed by atoms with E-state index in [1.165, 1.54) is 12.3 Å². The van der Waals surface area contributed by atoms with Gasteiger partial charge in [0.15, 0.2) is 0 Å². The number of carbonyl (C=O) groups excluding carboxylic acids is 1. The molecule has 0 saturated carbocycles. The van der Waals surface area contributed by atoms with E-state index in [2.05, 4.69) is 19.5 Å². The van der Waals surface area contributed by atoms with E-state index in [-0.39, 0.29) is 29.8 Å². The summed E-state index contributed by atoms with van der Waals surface area (Å²) in [7, 11) is 3.51. The van der Waals surface area contributed by atoms with Gasteiger partial charge in [-0.2, -0.15) is 5.10 Å². The summed E-state index contributed by atoms with van der Waals surface area (Å²) < 4.78 is 45.3. The van der Waals surface area contributed by atoms with Gasteiger partial charge in [-0.05, 0) is 45.0 Å². The molecule has 0 spiro atoms. The molecule has 8 nitrogen and oxygen atoms in total. The van der Waals surface area contributed by atoms with Gasteiger partial charge >= 0.3 is 0 Å². The second-order valence-corrected chi connectivity index (χ2v) is 10.8. The number of aryl methyl sites for hydroxylation is 1. The van der Waals surface area contributed by atoms with Crippen molar-refractivity contribution in [3.8, 4) is 22.5 Å². The monoisotopic (exact) mass is 551 g/mol. The first kappa shape index (κ1) is 26.5. The van der Waals surface area contributed by atoms with Crippen LogP contribution in [0, 0.1) is 0 Å². The maximum atomic E-state index is 14.4. The zero-order chi connectivity index (χ0) is 28.1. The maximum absolute atomic E-state index is 14.4. The first-order valence-electron chi connectivity index (χ1n) is 13.6. The molecule has 4 aromatic rings. The Bertz CT molecular complexity index is 1570. The fraction of sp³-hybridized carbons (Fsp3) is 0.448. The molecular weight excluding hydrogens is 519 g/mol. The number of amides is 1. The van der Waals surface area contributed by atoms with Gasteiger partial charge in [-0.3, -0.25) is 9.48 Å². The lowest BCUT2D eigenvalue weighted by molar-refractivity contribution is -0.135. The third-order valence-corrected chi connectivity index (χ3v) is 8.26. The zero-order valence-corrected chi connectivity index (χ0v) is 22.8. The van der Waals surface area contributed by atoms with E-state index in [9.17, 15) is 18.0 Å². The lowest BCUT2D eigenvalue weighted by atomic mass is 9.95. The van der Waals surface area contributed by atoms with Crippen molar-refractivity contribution < 1.29 is 18.0 Å². The van der Waals surface area contributed by atoms with E-state index in [1.54, 1.807) is 29.9 Å². The highest BCUT2D eigenvalue weighted by Gasteiger charge is 2.36. The van der Waals surface area contributed by atoms with Crippen LogP contribution in [-0.4, -0.2) is 73.4 Å². The van der Waals surface area contributed by atoms with Crippen LogP contribution >= 0.6 is 0 Å². The molecule has 2 aliphatic heterocycles. The summed E-state index contributed by atoms with van der Waals surface area (Å²) in [5.74, 6) is 0.960. The van der Waals surface area contributed by atoms with Crippen LogP contribution in [0.1, 0.15) is 55.2 Å². The Kier molecular flexibility index (Phi) is 6.85. The predicted octanol–water partition coefficient (Wildman–Crippen LogP) is 5.12. The molecule has 1 fully saturated rings. The summed E-state index contributed by atoms with van der Waals surface area (Å²) in [6, 6.07) is 6.65. The van der Waals surface area contributed by atoms with Crippen molar-refractivity contribution in [2.45, 2.75) is 44.7 Å². The third-order valence-electron chi connectivity index (χ3n) is 8.26. The molecule has 2 aliphatic rings. The molecule has 1 amide bonds. The van der Waals surface area contributed by atoms with Crippen LogP contribution in [0.5, 0.6) is 0 Å². The van der Waals surface area contributed by atoms with Gasteiger partial charge in [0.2, 0.25) is 5.91 Å². The Labute approximate surface area is 230 Å². The van der Waals surface area contributed by atoms with Crippen molar-refractivity contribution in [1.29, 1.82) is 0 Å². The molecule has 0 unspecified atom stereocenters. The normalized spacial score (nSPS) is 18.7. The molecule has 5 heterocycles. The molecule has 1 aromatic carbocycles. The van der Waals surface area contributed by atoms with Gasteiger partial charge in [0.1, 0.15) is 18.5 Å². The molecule has 0 radical (unpaired) electrons. The Morgan fingerprint density at radius 3 is 2.55 bits per heavy atom. The van der Waals surface area contributed by atoms with Crippen molar-refractivity contribution in [2.24, 2.45) is 7.05 Å². The molecule has 6 rings (SSSR count). The molecule has 3 aromatic heterocycles. The van der Waals surface area contributed by atoms with E-state index in [1.807, 2.05) is 25.1 Å². The summed E-state index contributed by atoms with van der Waals surface area (Å²) >= 11 is 0. The minimum atomic E-state index is -2.73. The number of rotatable bonds is 6. The Balaban J connectivity index is 1.51. The van der Waals surface area contributed by atoms with Gasteiger partial charge in [0.05, 0.1) is 35.3 Å². The number of pyridine rings is 1. The van der Waals surface area contributed by atoms with Crippen molar-refractivity contribution >= 4 is 16.8 Å². The lowest BCUT2D eigenvalue weighted by Crippen LogP contribution is -2.40. The fourth-order valence-corrected chi connectivity index (χ4v) is 6.20. The van der Waals surface area contributed by atoms with Crippen LogP contribution in [0.2, 0.25) is 0 Å². The number of likely N-dealkylation sites (N-methyl/N-ethyl adjacent to an activating group) is 1. The number of aromatic nitrogens is 5. The highest BCUT2D eigenvalue weighted by molar-refractivity contribution is 5.96. The van der Waals surface area contributed by atoms with E-state index in [0.717, 1.165) is 37.4 Å². The standard InChI is InChI=1S/C29H32F3N7O/c1-17-29(40)36(2)16-24-26(35-28(39(17)24)18-7-10-38(11-8-18)12-9-30)20-5-4-6-23-21(20)13-22(27(31)32)25(34-23)19-14-33-37(3)15-19/h4-6,13-15,17-18,27H,7-12,16H2,1-3H3/t17-/m1/s1. The number of piperidine rings is 1. The van der Waals surface area contributed by atoms with Gasteiger partial charge in [0, 0.05) is 54.8 Å². The minimum absolute atomic E-state index is 0.00764. The van der Waals surface area contributed by atoms with Gasteiger partial charge in [-0.15, -0.1) is 0 Å². The van der Waals surface area contributed by atoms with Gasteiger partial charge in [-0.1, -0.05) is 12.1 Å². The molecule has 1 saturated heterocycles. The molecule has 210 valence electrons. The van der Waals surface area contributed by atoms with Crippen molar-refractivity contribution in [3.63, 3.8) is 0 Å². The zero-order valence-electron chi connectivity index (χ0n) is 22.8. The van der Waals surface area contributed by atoms with Crippen LogP contribution < -0.4 is 0 Å². The molecule has 0 bridgehead atoms. The summed E-state index contributed by atoms with van der Waals surface area (Å²) in [4.78, 5) is 26.7. The highest BCUT2D eigenvalue weighted by Crippen LogP contribution is 2.41. The molecule has 40 heavy (non-hydrogen) atoms. The van der Waals surface area contributed by atoms with Crippen molar-refractivity contribution in [2.75, 3.05) is 33.4 Å². The van der Waals surface area contributed by atoms with Crippen LogP contribution in [0.25, 0.3) is 33.4 Å². The molecular formula is C29H32F3N7O. The summed E-state index contributed by atoms with van der Waals surface area (Å²) in [6.07, 6.45) is 2.11. The largest absolute Gasteiger partial charge is 0.338 e. The number of fused-ring (bicyclic) bond motifs is 2. The molecule has 11 heteroatoms. The highest BCUT2D eigenvalue weighted by atomic mass is 19.3. The van der Waals surface area contributed by atoms with Crippen LogP contribution in [0.4, 0.5) is 13.2 Å². The Hall–Kier alpha value is -3.73. The number of likely N-dealkylation sites (tertiary alicyclic amines) is 1. The fourth-order valence-electron chi connectivity index (χ4n) is 6.20. The quantitative estimate of drug-likeness (QED) is 0.333. The number of carbonyl (C=O) groups is 1. The number of hydrogen-bond acceptors (Lipinski definition) is 5. The second-order valence-electron chi connectivity index (χ2n) is 10.8. The Morgan fingerprint density at radius 2 is 1.88 bits per heavy atom. The molecule has 0 N–H and O–H groups in total.